The van der Waals surface area contributed by atoms with Crippen LogP contribution in [0.2, 0.25) is 0 Å². The van der Waals surface area contributed by atoms with Gasteiger partial charge in [0.05, 0.1) is 35.6 Å². The molecule has 0 aliphatic carbocycles. The third kappa shape index (κ3) is 5.36. The predicted molar refractivity (Wildman–Crippen MR) is 208 cm³/mol. The van der Waals surface area contributed by atoms with Crippen molar-refractivity contribution in [2.24, 2.45) is 0 Å². The Morgan fingerprint density at radius 2 is 1.00 bits per heavy atom. The zero-order valence-corrected chi connectivity index (χ0v) is 27.6. The van der Waals surface area contributed by atoms with Crippen LogP contribution < -0.4 is 0 Å². The van der Waals surface area contributed by atoms with Crippen LogP contribution in [0.1, 0.15) is 0 Å². The van der Waals surface area contributed by atoms with Crippen molar-refractivity contribution in [1.82, 2.24) is 24.9 Å². The zero-order chi connectivity index (χ0) is 35.0. The second-order valence-electron chi connectivity index (χ2n) is 12.4. The lowest BCUT2D eigenvalue weighted by atomic mass is 9.90. The molecule has 7 heteroatoms. The van der Waals surface area contributed by atoms with Crippen LogP contribution in [0.25, 0.3) is 98.2 Å². The number of aromatic nitrogens is 5. The lowest BCUT2D eigenvalue weighted by Crippen LogP contribution is -1.93. The van der Waals surface area contributed by atoms with E-state index in [4.69, 9.17) is 28.1 Å². The Kier molecular flexibility index (Phi) is 7.43. The maximum Gasteiger partial charge on any atom is 0.177 e. The summed E-state index contributed by atoms with van der Waals surface area (Å²) in [5.74, 6) is 0. The highest BCUT2D eigenvalue weighted by Gasteiger charge is 2.17. The van der Waals surface area contributed by atoms with Crippen molar-refractivity contribution in [1.29, 1.82) is 0 Å². The smallest absolute Gasteiger partial charge is 0.177 e. The number of hydrogen-bond donors (Lipinski definition) is 0. The molecule has 0 unspecified atom stereocenters. The van der Waals surface area contributed by atoms with Crippen LogP contribution in [0.5, 0.6) is 0 Å². The Bertz CT molecular complexity index is 2840. The molecule has 0 aliphatic rings. The van der Waals surface area contributed by atoms with E-state index in [0.717, 1.165) is 88.5 Å². The van der Waals surface area contributed by atoms with Gasteiger partial charge in [0.2, 0.25) is 0 Å². The standard InChI is InChI=1S/C45H25N7/c1-46-34-20-33(21-35(24-34)47-2)39-26-41-36-10-5-15-50-44(36)38(25-40(41)37-11-6-16-51-45(37)39)30-8-3-7-29(19-30)32-22-42(28-12-17-48-18-13-28)52-43(23-32)31-9-4-14-49-27-31/h3-27H. The van der Waals surface area contributed by atoms with Crippen molar-refractivity contribution >= 4 is 44.0 Å². The number of rotatable bonds is 5. The molecule has 0 radical (unpaired) electrons. The van der Waals surface area contributed by atoms with Gasteiger partial charge in [0.1, 0.15) is 0 Å². The molecule has 9 aromatic rings. The number of fused-ring (bicyclic) bond motifs is 5. The molecule has 0 saturated heterocycles. The first kappa shape index (κ1) is 30.4. The largest absolute Gasteiger partial charge is 0.265 e. The van der Waals surface area contributed by atoms with Crippen molar-refractivity contribution in [3.63, 3.8) is 0 Å². The molecular formula is C45H25N7. The van der Waals surface area contributed by atoms with E-state index >= 15 is 0 Å². The van der Waals surface area contributed by atoms with Crippen LogP contribution in [-0.2, 0) is 0 Å². The number of nitrogens with zero attached hydrogens (tertiary/aromatic N) is 7. The molecule has 5 heterocycles. The minimum absolute atomic E-state index is 0.420. The van der Waals surface area contributed by atoms with E-state index in [9.17, 15) is 0 Å². The fourth-order valence-corrected chi connectivity index (χ4v) is 6.92. The molecule has 0 atom stereocenters. The minimum atomic E-state index is 0.420. The van der Waals surface area contributed by atoms with Crippen LogP contribution in [0, 0.1) is 13.1 Å². The van der Waals surface area contributed by atoms with E-state index in [1.807, 2.05) is 60.9 Å². The van der Waals surface area contributed by atoms with Crippen LogP contribution in [-0.4, -0.2) is 24.9 Å². The third-order valence-corrected chi connectivity index (χ3v) is 9.31. The fourth-order valence-electron chi connectivity index (χ4n) is 6.92. The Morgan fingerprint density at radius 1 is 0.404 bits per heavy atom. The summed E-state index contributed by atoms with van der Waals surface area (Å²) >= 11 is 0. The summed E-state index contributed by atoms with van der Waals surface area (Å²) in [5, 5.41) is 4.05. The monoisotopic (exact) mass is 663 g/mol. The van der Waals surface area contributed by atoms with Crippen LogP contribution in [0.4, 0.5) is 11.4 Å². The molecule has 0 N–H and O–H groups in total. The average molecular weight is 664 g/mol. The molecular weight excluding hydrogens is 639 g/mol. The highest BCUT2D eigenvalue weighted by Crippen LogP contribution is 2.42. The van der Waals surface area contributed by atoms with Crippen molar-refractivity contribution < 1.29 is 0 Å². The van der Waals surface area contributed by atoms with Gasteiger partial charge in [0.15, 0.2) is 11.4 Å². The van der Waals surface area contributed by atoms with Gasteiger partial charge in [-0.25, -0.2) is 14.7 Å². The summed E-state index contributed by atoms with van der Waals surface area (Å²) in [5.41, 5.74) is 11.9. The highest BCUT2D eigenvalue weighted by atomic mass is 14.7. The molecule has 0 bridgehead atoms. The summed E-state index contributed by atoms with van der Waals surface area (Å²) in [6, 6.07) is 38.4. The van der Waals surface area contributed by atoms with E-state index < -0.39 is 0 Å². The third-order valence-electron chi connectivity index (χ3n) is 9.31. The predicted octanol–water partition coefficient (Wildman–Crippen LogP) is 11.6. The summed E-state index contributed by atoms with van der Waals surface area (Å²) < 4.78 is 0. The van der Waals surface area contributed by atoms with Gasteiger partial charge in [-0.3, -0.25) is 19.9 Å². The summed E-state index contributed by atoms with van der Waals surface area (Å²) in [6.45, 7) is 15.3. The Hall–Kier alpha value is -7.61. The van der Waals surface area contributed by atoms with Crippen molar-refractivity contribution in [3.8, 4) is 55.9 Å². The van der Waals surface area contributed by atoms with E-state index in [2.05, 4.69) is 80.3 Å². The van der Waals surface area contributed by atoms with Gasteiger partial charge in [-0.15, -0.1) is 0 Å². The molecule has 240 valence electrons. The van der Waals surface area contributed by atoms with Gasteiger partial charge < -0.3 is 0 Å². The lowest BCUT2D eigenvalue weighted by molar-refractivity contribution is 1.27. The maximum atomic E-state index is 7.64. The molecule has 9 rings (SSSR count). The van der Waals surface area contributed by atoms with Crippen LogP contribution in [0.3, 0.4) is 0 Å². The molecule has 52 heavy (non-hydrogen) atoms. The molecule has 0 spiro atoms. The molecule has 5 aromatic heterocycles. The van der Waals surface area contributed by atoms with E-state index in [1.54, 1.807) is 30.9 Å². The molecule has 4 aromatic carbocycles. The number of benzene rings is 4. The topological polar surface area (TPSA) is 73.2 Å². The average Bonchev–Trinajstić information content (AvgIpc) is 3.23. The first-order valence-electron chi connectivity index (χ1n) is 16.6. The Labute approximate surface area is 299 Å². The second kappa shape index (κ2) is 12.7. The molecule has 0 saturated carbocycles. The Morgan fingerprint density at radius 3 is 1.63 bits per heavy atom. The lowest BCUT2D eigenvalue weighted by Gasteiger charge is -2.16. The van der Waals surface area contributed by atoms with Gasteiger partial charge in [-0.05, 0) is 99.8 Å². The zero-order valence-electron chi connectivity index (χ0n) is 27.6. The van der Waals surface area contributed by atoms with Crippen molar-refractivity contribution in [2.75, 3.05) is 0 Å². The Balaban J connectivity index is 1.26. The van der Waals surface area contributed by atoms with Crippen LogP contribution in [0.15, 0.2) is 152 Å². The van der Waals surface area contributed by atoms with Gasteiger partial charge in [0, 0.05) is 70.2 Å². The minimum Gasteiger partial charge on any atom is -0.265 e. The quantitative estimate of drug-likeness (QED) is 0.135. The first-order valence-corrected chi connectivity index (χ1v) is 16.6. The highest BCUT2D eigenvalue weighted by molar-refractivity contribution is 6.22. The van der Waals surface area contributed by atoms with E-state index in [-0.39, 0.29) is 0 Å². The first-order chi connectivity index (χ1) is 25.7. The van der Waals surface area contributed by atoms with Gasteiger partial charge in [0.25, 0.3) is 0 Å². The molecule has 0 amide bonds. The summed E-state index contributed by atoms with van der Waals surface area (Å²) in [6.07, 6.45) is 10.8. The maximum absolute atomic E-state index is 7.64. The number of pyridine rings is 5. The van der Waals surface area contributed by atoms with Crippen LogP contribution >= 0.6 is 0 Å². The molecule has 7 nitrogen and oxygen atoms in total. The number of hydrogen-bond acceptors (Lipinski definition) is 5. The van der Waals surface area contributed by atoms with Gasteiger partial charge in [-0.1, -0.05) is 48.5 Å². The molecule has 0 fully saturated rings. The van der Waals surface area contributed by atoms with Gasteiger partial charge >= 0.3 is 0 Å². The van der Waals surface area contributed by atoms with Crippen molar-refractivity contribution in [3.05, 3.63) is 175 Å². The fraction of sp³-hybridized carbons (Fsp3) is 0. The molecule has 0 aliphatic heterocycles. The SMILES string of the molecule is [C-]#[N+]c1cc([N+]#[C-])cc(-c2cc3c4cccnc4c(-c4cccc(-c5cc(-c6ccncc6)nc(-c6cccnc6)c5)c4)cc3c3cccnc23)c1. The van der Waals surface area contributed by atoms with Crippen molar-refractivity contribution in [2.45, 2.75) is 0 Å². The van der Waals surface area contributed by atoms with E-state index in [0.29, 0.717) is 11.4 Å². The second-order valence-corrected chi connectivity index (χ2v) is 12.4. The van der Waals surface area contributed by atoms with E-state index in [1.165, 1.54) is 0 Å². The normalized spacial score (nSPS) is 11.0. The summed E-state index contributed by atoms with van der Waals surface area (Å²) in [4.78, 5) is 30.6. The van der Waals surface area contributed by atoms with Gasteiger partial charge in [-0.2, -0.15) is 0 Å². The summed E-state index contributed by atoms with van der Waals surface area (Å²) in [7, 11) is 0.